The molecule has 0 saturated carbocycles. The molecule has 5 nitrogen and oxygen atoms in total. The molecule has 1 heterocycles. The van der Waals surface area contributed by atoms with E-state index in [9.17, 15) is 8.42 Å². The first-order valence-corrected chi connectivity index (χ1v) is 7.43. The van der Waals surface area contributed by atoms with Crippen molar-refractivity contribution in [1.82, 2.24) is 14.5 Å². The van der Waals surface area contributed by atoms with Crippen LogP contribution in [0.1, 0.15) is 16.8 Å². The zero-order chi connectivity index (χ0) is 14.0. The van der Waals surface area contributed by atoms with E-state index >= 15 is 0 Å². The molecule has 2 aromatic rings. The Morgan fingerprint density at radius 2 is 1.95 bits per heavy atom. The number of aromatic nitrogens is 2. The lowest BCUT2D eigenvalue weighted by Gasteiger charge is -2.08. The summed E-state index contributed by atoms with van der Waals surface area (Å²) in [6.07, 6.45) is 1.68. The second-order valence-corrected chi connectivity index (χ2v) is 6.20. The Morgan fingerprint density at radius 1 is 1.26 bits per heavy atom. The molecule has 1 aromatic heterocycles. The van der Waals surface area contributed by atoms with Crippen LogP contribution in [0, 0.1) is 13.8 Å². The predicted molar refractivity (Wildman–Crippen MR) is 73.1 cm³/mol. The average Bonchev–Trinajstić information content (AvgIpc) is 2.68. The second-order valence-electron chi connectivity index (χ2n) is 4.47. The molecular formula is C13H17N3O2S. The maximum Gasteiger partial charge on any atom is 0.241 e. The van der Waals surface area contributed by atoms with E-state index in [0.29, 0.717) is 4.90 Å². The number of rotatable bonds is 4. The monoisotopic (exact) mass is 279 g/mol. The summed E-state index contributed by atoms with van der Waals surface area (Å²) in [4.78, 5) is 0.316. The van der Waals surface area contributed by atoms with E-state index in [1.54, 1.807) is 36.0 Å². The molecule has 19 heavy (non-hydrogen) atoms. The number of nitrogens with zero attached hydrogens (tertiary/aromatic N) is 2. The van der Waals surface area contributed by atoms with E-state index in [-0.39, 0.29) is 6.54 Å². The summed E-state index contributed by atoms with van der Waals surface area (Å²) in [7, 11) is -1.66. The molecule has 0 fully saturated rings. The largest absolute Gasteiger partial charge is 0.273 e. The van der Waals surface area contributed by atoms with Gasteiger partial charge in [0.15, 0.2) is 0 Å². The van der Waals surface area contributed by atoms with Gasteiger partial charge in [-0.1, -0.05) is 18.2 Å². The van der Waals surface area contributed by atoms with Crippen LogP contribution in [0.4, 0.5) is 0 Å². The van der Waals surface area contributed by atoms with Crippen molar-refractivity contribution >= 4 is 10.0 Å². The van der Waals surface area contributed by atoms with Crippen molar-refractivity contribution in [2.24, 2.45) is 7.05 Å². The Balaban J connectivity index is 2.19. The third kappa shape index (κ3) is 2.85. The molecule has 6 heteroatoms. The van der Waals surface area contributed by atoms with Crippen molar-refractivity contribution in [3.8, 4) is 0 Å². The lowest BCUT2D eigenvalue weighted by Crippen LogP contribution is -2.24. The van der Waals surface area contributed by atoms with Gasteiger partial charge in [-0.2, -0.15) is 5.10 Å². The van der Waals surface area contributed by atoms with Gasteiger partial charge in [0.1, 0.15) is 0 Å². The van der Waals surface area contributed by atoms with Crippen molar-refractivity contribution in [2.75, 3.05) is 0 Å². The molecule has 0 aliphatic rings. The van der Waals surface area contributed by atoms with Crippen molar-refractivity contribution in [3.05, 3.63) is 47.3 Å². The maximum absolute atomic E-state index is 12.2. The summed E-state index contributed by atoms with van der Waals surface area (Å²) >= 11 is 0. The second kappa shape index (κ2) is 5.14. The number of benzene rings is 1. The minimum atomic E-state index is -3.48. The van der Waals surface area contributed by atoms with E-state index < -0.39 is 10.0 Å². The molecule has 0 unspecified atom stereocenters. The van der Waals surface area contributed by atoms with E-state index in [0.717, 1.165) is 16.8 Å². The van der Waals surface area contributed by atoms with Crippen LogP contribution < -0.4 is 4.72 Å². The lowest BCUT2D eigenvalue weighted by molar-refractivity contribution is 0.580. The van der Waals surface area contributed by atoms with Gasteiger partial charge >= 0.3 is 0 Å². The molecule has 1 N–H and O–H groups in total. The van der Waals surface area contributed by atoms with E-state index in [4.69, 9.17) is 0 Å². The Hall–Kier alpha value is -1.66. The van der Waals surface area contributed by atoms with E-state index in [1.807, 2.05) is 20.0 Å². The average molecular weight is 279 g/mol. The summed E-state index contributed by atoms with van der Waals surface area (Å²) in [5.41, 5.74) is 2.56. The van der Waals surface area contributed by atoms with Gasteiger partial charge in [0.05, 0.1) is 11.1 Å². The normalized spacial score (nSPS) is 11.7. The molecule has 0 spiro atoms. The molecular weight excluding hydrogens is 262 g/mol. The van der Waals surface area contributed by atoms with Crippen LogP contribution in [-0.4, -0.2) is 18.2 Å². The van der Waals surface area contributed by atoms with Gasteiger partial charge < -0.3 is 0 Å². The first-order valence-electron chi connectivity index (χ1n) is 5.94. The molecule has 1 aromatic carbocycles. The van der Waals surface area contributed by atoms with Crippen molar-refractivity contribution in [2.45, 2.75) is 25.3 Å². The summed E-state index contributed by atoms with van der Waals surface area (Å²) in [6.45, 7) is 3.94. The zero-order valence-corrected chi connectivity index (χ0v) is 12.0. The Morgan fingerprint density at radius 3 is 2.53 bits per heavy atom. The maximum atomic E-state index is 12.2. The third-order valence-electron chi connectivity index (χ3n) is 3.17. The van der Waals surface area contributed by atoms with Crippen LogP contribution >= 0.6 is 0 Å². The summed E-state index contributed by atoms with van der Waals surface area (Å²) in [5.74, 6) is 0. The minimum absolute atomic E-state index is 0.246. The molecule has 0 amide bonds. The Kier molecular flexibility index (Phi) is 3.73. The molecule has 2 rings (SSSR count). The van der Waals surface area contributed by atoms with Crippen LogP contribution in [-0.2, 0) is 23.6 Å². The van der Waals surface area contributed by atoms with Crippen LogP contribution in [0.15, 0.2) is 35.4 Å². The number of hydrogen-bond donors (Lipinski definition) is 1. The SMILES string of the molecule is Cc1ccccc1S(=O)(=O)NCc1cnn(C)c1C. The van der Waals surface area contributed by atoms with Gasteiger partial charge in [-0.15, -0.1) is 0 Å². The molecule has 0 aliphatic carbocycles. The standard InChI is InChI=1S/C13H17N3O2S/c1-10-6-4-5-7-13(10)19(17,18)15-9-12-8-14-16(3)11(12)2/h4-8,15H,9H2,1-3H3. The molecule has 0 atom stereocenters. The fourth-order valence-corrected chi connectivity index (χ4v) is 3.08. The minimum Gasteiger partial charge on any atom is -0.273 e. The van der Waals surface area contributed by atoms with Gasteiger partial charge in [0.2, 0.25) is 10.0 Å². The van der Waals surface area contributed by atoms with Gasteiger partial charge in [-0.25, -0.2) is 13.1 Å². The highest BCUT2D eigenvalue weighted by Gasteiger charge is 2.16. The highest BCUT2D eigenvalue weighted by Crippen LogP contribution is 2.14. The summed E-state index contributed by atoms with van der Waals surface area (Å²) < 4.78 is 28.7. The molecule has 0 bridgehead atoms. The van der Waals surface area contributed by atoms with Crippen LogP contribution in [0.2, 0.25) is 0 Å². The highest BCUT2D eigenvalue weighted by molar-refractivity contribution is 7.89. The number of hydrogen-bond acceptors (Lipinski definition) is 3. The van der Waals surface area contributed by atoms with Gasteiger partial charge in [0.25, 0.3) is 0 Å². The van der Waals surface area contributed by atoms with Crippen molar-refractivity contribution in [1.29, 1.82) is 0 Å². The first-order chi connectivity index (χ1) is 8.92. The zero-order valence-electron chi connectivity index (χ0n) is 11.2. The number of aryl methyl sites for hydroxylation is 2. The smallest absolute Gasteiger partial charge is 0.241 e. The van der Waals surface area contributed by atoms with E-state index in [2.05, 4.69) is 9.82 Å². The summed E-state index contributed by atoms with van der Waals surface area (Å²) in [5, 5.41) is 4.09. The topological polar surface area (TPSA) is 64.0 Å². The lowest BCUT2D eigenvalue weighted by atomic mass is 10.2. The molecule has 0 aliphatic heterocycles. The molecule has 102 valence electrons. The number of sulfonamides is 1. The van der Waals surface area contributed by atoms with Gasteiger partial charge in [-0.3, -0.25) is 4.68 Å². The fourth-order valence-electron chi connectivity index (χ4n) is 1.83. The Labute approximate surface area is 113 Å². The fraction of sp³-hybridized carbons (Fsp3) is 0.308. The first kappa shape index (κ1) is 13.8. The van der Waals surface area contributed by atoms with Crippen LogP contribution in [0.25, 0.3) is 0 Å². The van der Waals surface area contributed by atoms with Gasteiger partial charge in [-0.05, 0) is 25.5 Å². The number of nitrogens with one attached hydrogen (secondary N) is 1. The Bertz CT molecular complexity index is 690. The van der Waals surface area contributed by atoms with Crippen molar-refractivity contribution in [3.63, 3.8) is 0 Å². The quantitative estimate of drug-likeness (QED) is 0.922. The molecule has 0 radical (unpaired) electrons. The van der Waals surface area contributed by atoms with Gasteiger partial charge in [0, 0.05) is 24.8 Å². The van der Waals surface area contributed by atoms with E-state index in [1.165, 1.54) is 0 Å². The van der Waals surface area contributed by atoms with Crippen molar-refractivity contribution < 1.29 is 8.42 Å². The van der Waals surface area contributed by atoms with Crippen LogP contribution in [0.5, 0.6) is 0 Å². The summed E-state index contributed by atoms with van der Waals surface area (Å²) in [6, 6.07) is 6.92. The van der Waals surface area contributed by atoms with Crippen LogP contribution in [0.3, 0.4) is 0 Å². The predicted octanol–water partition coefficient (Wildman–Crippen LogP) is 1.52. The highest BCUT2D eigenvalue weighted by atomic mass is 32.2. The molecule has 0 saturated heterocycles. The third-order valence-corrected chi connectivity index (χ3v) is 4.73.